The second kappa shape index (κ2) is 4.63. The molecule has 0 fully saturated rings. The summed E-state index contributed by atoms with van der Waals surface area (Å²) in [6.45, 7) is 0. The van der Waals surface area contributed by atoms with E-state index in [0.717, 1.165) is 0 Å². The van der Waals surface area contributed by atoms with Crippen LogP contribution in [0.1, 0.15) is 20.9 Å². The fraction of sp³-hybridized carbons (Fsp3) is 0. The van der Waals surface area contributed by atoms with Crippen LogP contribution >= 0.6 is 0 Å². The molecule has 0 aliphatic rings. The summed E-state index contributed by atoms with van der Waals surface area (Å²) in [6, 6.07) is 11.3. The van der Waals surface area contributed by atoms with Crippen LogP contribution in [0.25, 0.3) is 0 Å². The Morgan fingerprint density at radius 1 is 1.00 bits per heavy atom. The van der Waals surface area contributed by atoms with Crippen LogP contribution in [-0.4, -0.2) is 16.8 Å². The summed E-state index contributed by atoms with van der Waals surface area (Å²) in [4.78, 5) is 23.5. The highest BCUT2D eigenvalue weighted by atomic mass is 16.3. The van der Waals surface area contributed by atoms with Crippen LogP contribution in [0.5, 0.6) is 0 Å². The molecule has 2 N–H and O–H groups in total. The summed E-state index contributed by atoms with van der Waals surface area (Å²) in [7, 11) is 0. The maximum absolute atomic E-state index is 11.8. The highest BCUT2D eigenvalue weighted by Gasteiger charge is 2.22. The Hall–Kier alpha value is -2.40. The number of amides is 2. The van der Waals surface area contributed by atoms with Crippen molar-refractivity contribution in [3.05, 3.63) is 60.1 Å². The maximum Gasteiger partial charge on any atom is 0.310 e. The molecule has 86 valence electrons. The highest BCUT2D eigenvalue weighted by Crippen LogP contribution is 2.07. The molecular weight excluding hydrogens is 220 g/mol. The van der Waals surface area contributed by atoms with Gasteiger partial charge in [0, 0.05) is 5.56 Å². The highest BCUT2D eigenvalue weighted by molar-refractivity contribution is 6.08. The molecule has 1 aromatic heterocycles. The zero-order valence-corrected chi connectivity index (χ0v) is 8.87. The van der Waals surface area contributed by atoms with Gasteiger partial charge in [-0.2, -0.15) is 0 Å². The van der Waals surface area contributed by atoms with Gasteiger partial charge in [-0.3, -0.25) is 9.59 Å². The van der Waals surface area contributed by atoms with Gasteiger partial charge in [0.15, 0.2) is 5.76 Å². The minimum Gasteiger partial charge on any atom is -0.459 e. The molecule has 2 amide bonds. The predicted octanol–water partition coefficient (Wildman–Crippen LogP) is 1.44. The van der Waals surface area contributed by atoms with Gasteiger partial charge in [0.05, 0.1) is 6.26 Å². The number of imide groups is 1. The van der Waals surface area contributed by atoms with E-state index in [0.29, 0.717) is 10.6 Å². The lowest BCUT2D eigenvalue weighted by Crippen LogP contribution is -2.42. The van der Waals surface area contributed by atoms with Gasteiger partial charge in [0.25, 0.3) is 5.91 Å². The minimum absolute atomic E-state index is 0.0248. The minimum atomic E-state index is -0.677. The van der Waals surface area contributed by atoms with E-state index in [1.807, 2.05) is 0 Å². The number of hydrogen-bond acceptors (Lipinski definition) is 4. The number of carbonyl (C=O) groups is 2. The molecule has 0 unspecified atom stereocenters. The van der Waals surface area contributed by atoms with E-state index < -0.39 is 11.8 Å². The summed E-state index contributed by atoms with van der Waals surface area (Å²) in [6.07, 6.45) is 1.34. The molecule has 5 nitrogen and oxygen atoms in total. The number of carbonyl (C=O) groups excluding carboxylic acids is 2. The summed E-state index contributed by atoms with van der Waals surface area (Å²) >= 11 is 0. The van der Waals surface area contributed by atoms with Crippen LogP contribution < -0.4 is 5.84 Å². The molecule has 2 aromatic rings. The Morgan fingerprint density at radius 3 is 2.29 bits per heavy atom. The molecule has 0 saturated heterocycles. The molecule has 0 saturated carbocycles. The first-order valence-corrected chi connectivity index (χ1v) is 4.92. The lowest BCUT2D eigenvalue weighted by atomic mass is 10.2. The molecule has 2 rings (SSSR count). The predicted molar refractivity (Wildman–Crippen MR) is 59.8 cm³/mol. The lowest BCUT2D eigenvalue weighted by Gasteiger charge is -2.12. The van der Waals surface area contributed by atoms with Gasteiger partial charge in [0.1, 0.15) is 0 Å². The summed E-state index contributed by atoms with van der Waals surface area (Å²) in [5.41, 5.74) is 0.343. The molecule has 0 aliphatic heterocycles. The fourth-order valence-electron chi connectivity index (χ4n) is 1.33. The number of hydrogen-bond donors (Lipinski definition) is 1. The summed E-state index contributed by atoms with van der Waals surface area (Å²) in [5, 5.41) is 0.536. The van der Waals surface area contributed by atoms with Gasteiger partial charge in [0.2, 0.25) is 0 Å². The number of furan rings is 1. The van der Waals surface area contributed by atoms with Crippen LogP contribution in [0.2, 0.25) is 0 Å². The van der Waals surface area contributed by atoms with Crippen LogP contribution in [0.4, 0.5) is 0 Å². The van der Waals surface area contributed by atoms with Crippen molar-refractivity contribution < 1.29 is 14.0 Å². The molecule has 0 atom stereocenters. The fourth-order valence-corrected chi connectivity index (χ4v) is 1.33. The van der Waals surface area contributed by atoms with Crippen molar-refractivity contribution in [2.45, 2.75) is 0 Å². The van der Waals surface area contributed by atoms with Crippen molar-refractivity contribution in [2.24, 2.45) is 5.84 Å². The normalized spacial score (nSPS) is 9.94. The van der Waals surface area contributed by atoms with E-state index in [9.17, 15) is 9.59 Å². The average Bonchev–Trinajstić information content (AvgIpc) is 2.91. The third-order valence-electron chi connectivity index (χ3n) is 2.19. The Morgan fingerprint density at radius 2 is 1.71 bits per heavy atom. The van der Waals surface area contributed by atoms with Crippen molar-refractivity contribution in [1.82, 2.24) is 5.01 Å². The quantitative estimate of drug-likeness (QED) is 0.366. The van der Waals surface area contributed by atoms with E-state index >= 15 is 0 Å². The number of benzene rings is 1. The number of nitrogens with two attached hydrogens (primary N) is 1. The molecule has 0 spiro atoms. The monoisotopic (exact) mass is 230 g/mol. The summed E-state index contributed by atoms with van der Waals surface area (Å²) in [5.74, 6) is 4.23. The lowest BCUT2D eigenvalue weighted by molar-refractivity contribution is 0.0596. The van der Waals surface area contributed by atoms with Gasteiger partial charge < -0.3 is 4.42 Å². The number of hydrazine groups is 1. The third-order valence-corrected chi connectivity index (χ3v) is 2.19. The SMILES string of the molecule is NN(C(=O)c1ccccc1)C(=O)c1ccco1. The first-order valence-electron chi connectivity index (χ1n) is 4.92. The molecule has 1 aromatic carbocycles. The standard InChI is InChI=1S/C12H10N2O3/c13-14(12(16)10-7-4-8-17-10)11(15)9-5-2-1-3-6-9/h1-8H,13H2. The van der Waals surface area contributed by atoms with Crippen molar-refractivity contribution in [2.75, 3.05) is 0 Å². The van der Waals surface area contributed by atoms with Gasteiger partial charge >= 0.3 is 5.91 Å². The van der Waals surface area contributed by atoms with Gasteiger partial charge in [-0.05, 0) is 24.3 Å². The first-order chi connectivity index (χ1) is 8.20. The smallest absolute Gasteiger partial charge is 0.310 e. The van der Waals surface area contributed by atoms with Crippen LogP contribution in [0.15, 0.2) is 53.1 Å². The Balaban J connectivity index is 2.19. The Bertz CT molecular complexity index is 520. The average molecular weight is 230 g/mol. The maximum atomic E-state index is 11.8. The van der Waals surface area contributed by atoms with E-state index in [1.165, 1.54) is 12.3 Å². The molecule has 0 aliphatic carbocycles. The van der Waals surface area contributed by atoms with Gasteiger partial charge in [-0.15, -0.1) is 0 Å². The largest absolute Gasteiger partial charge is 0.459 e. The third kappa shape index (κ3) is 2.24. The van der Waals surface area contributed by atoms with Gasteiger partial charge in [-0.1, -0.05) is 18.2 Å². The van der Waals surface area contributed by atoms with Gasteiger partial charge in [-0.25, -0.2) is 10.9 Å². The van der Waals surface area contributed by atoms with E-state index in [4.69, 9.17) is 10.3 Å². The molecule has 17 heavy (non-hydrogen) atoms. The first kappa shape index (κ1) is 11.1. The number of nitrogens with zero attached hydrogens (tertiary/aromatic N) is 1. The van der Waals surface area contributed by atoms with Crippen LogP contribution in [-0.2, 0) is 0 Å². The second-order valence-electron chi connectivity index (χ2n) is 3.32. The molecule has 5 heteroatoms. The Kier molecular flexibility index (Phi) is 3.02. The second-order valence-corrected chi connectivity index (χ2v) is 3.32. The van der Waals surface area contributed by atoms with E-state index in [2.05, 4.69) is 0 Å². The van der Waals surface area contributed by atoms with Crippen molar-refractivity contribution in [1.29, 1.82) is 0 Å². The number of rotatable bonds is 2. The van der Waals surface area contributed by atoms with Crippen molar-refractivity contribution in [3.8, 4) is 0 Å². The zero-order chi connectivity index (χ0) is 12.3. The molecule has 0 bridgehead atoms. The van der Waals surface area contributed by atoms with E-state index in [1.54, 1.807) is 36.4 Å². The molecule has 0 radical (unpaired) electrons. The molecular formula is C12H10N2O3. The zero-order valence-electron chi connectivity index (χ0n) is 8.87. The summed E-state index contributed by atoms with van der Waals surface area (Å²) < 4.78 is 4.88. The van der Waals surface area contributed by atoms with Crippen molar-refractivity contribution >= 4 is 11.8 Å². The van der Waals surface area contributed by atoms with Crippen LogP contribution in [0, 0.1) is 0 Å². The molecule has 1 heterocycles. The van der Waals surface area contributed by atoms with Crippen molar-refractivity contribution in [3.63, 3.8) is 0 Å². The van der Waals surface area contributed by atoms with E-state index in [-0.39, 0.29) is 5.76 Å². The Labute approximate surface area is 97.4 Å². The van der Waals surface area contributed by atoms with Crippen LogP contribution in [0.3, 0.4) is 0 Å². The topological polar surface area (TPSA) is 76.5 Å².